The van der Waals surface area contributed by atoms with Gasteiger partial charge in [0.2, 0.25) is 0 Å². The van der Waals surface area contributed by atoms with Gasteiger partial charge in [-0.25, -0.2) is 17.6 Å². The highest BCUT2D eigenvalue weighted by Gasteiger charge is 2.24. The third-order valence-electron chi connectivity index (χ3n) is 3.03. The first-order chi connectivity index (χ1) is 8.87. The summed E-state index contributed by atoms with van der Waals surface area (Å²) in [6.45, 7) is 0. The molecule has 0 saturated carbocycles. The summed E-state index contributed by atoms with van der Waals surface area (Å²) in [6.07, 6.45) is 1.28. The van der Waals surface area contributed by atoms with Crippen LogP contribution in [0.5, 0.6) is 0 Å². The van der Waals surface area contributed by atoms with E-state index in [0.717, 1.165) is 12.1 Å². The van der Waals surface area contributed by atoms with Gasteiger partial charge in [0.15, 0.2) is 9.84 Å². The predicted molar refractivity (Wildman–Crippen MR) is 68.7 cm³/mol. The Hall–Kier alpha value is -1.63. The van der Waals surface area contributed by atoms with E-state index in [1.54, 1.807) is 0 Å². The average Bonchev–Trinajstić information content (AvgIpc) is 2.27. The van der Waals surface area contributed by atoms with E-state index in [0.29, 0.717) is 18.5 Å². The third-order valence-corrected chi connectivity index (χ3v) is 4.85. The van der Waals surface area contributed by atoms with Gasteiger partial charge in [-0.3, -0.25) is 0 Å². The second-order valence-corrected chi connectivity index (χ2v) is 6.83. The van der Waals surface area contributed by atoms with Crippen LogP contribution in [-0.4, -0.2) is 37.0 Å². The molecule has 104 valence electrons. The number of benzene rings is 1. The predicted octanol–water partition coefficient (Wildman–Crippen LogP) is 1.51. The van der Waals surface area contributed by atoms with Crippen molar-refractivity contribution in [1.82, 2.24) is 0 Å². The summed E-state index contributed by atoms with van der Waals surface area (Å²) >= 11 is 0. The second-order valence-electron chi connectivity index (χ2n) is 4.60. The molecule has 1 atom stereocenters. The van der Waals surface area contributed by atoms with Crippen molar-refractivity contribution in [2.45, 2.75) is 18.9 Å². The summed E-state index contributed by atoms with van der Waals surface area (Å²) in [5.74, 6) is -1.95. The SMILES string of the molecule is O=C(O)c1ccc(NC2CCCS(=O)(=O)C2)cc1F. The van der Waals surface area contributed by atoms with Gasteiger partial charge in [0, 0.05) is 11.7 Å². The van der Waals surface area contributed by atoms with Crippen LogP contribution in [0.25, 0.3) is 0 Å². The molecule has 0 aromatic heterocycles. The lowest BCUT2D eigenvalue weighted by Gasteiger charge is -2.24. The number of anilines is 1. The van der Waals surface area contributed by atoms with Crippen LogP contribution in [0.3, 0.4) is 0 Å². The van der Waals surface area contributed by atoms with E-state index >= 15 is 0 Å². The van der Waals surface area contributed by atoms with Crippen molar-refractivity contribution in [3.05, 3.63) is 29.6 Å². The van der Waals surface area contributed by atoms with Gasteiger partial charge in [-0.2, -0.15) is 0 Å². The maximum absolute atomic E-state index is 13.5. The zero-order valence-electron chi connectivity index (χ0n) is 10.1. The zero-order valence-corrected chi connectivity index (χ0v) is 10.9. The molecule has 1 fully saturated rings. The Morgan fingerprint density at radius 1 is 1.42 bits per heavy atom. The monoisotopic (exact) mass is 287 g/mol. The molecule has 1 aliphatic rings. The molecule has 0 spiro atoms. The van der Waals surface area contributed by atoms with Gasteiger partial charge in [-0.15, -0.1) is 0 Å². The number of halogens is 1. The van der Waals surface area contributed by atoms with E-state index in [4.69, 9.17) is 5.11 Å². The Kier molecular flexibility index (Phi) is 3.75. The maximum atomic E-state index is 13.5. The smallest absolute Gasteiger partial charge is 0.338 e. The summed E-state index contributed by atoms with van der Waals surface area (Å²) in [5, 5.41) is 11.6. The number of hydrogen-bond acceptors (Lipinski definition) is 4. The van der Waals surface area contributed by atoms with Crippen molar-refractivity contribution >= 4 is 21.5 Å². The molecule has 0 bridgehead atoms. The molecule has 1 aliphatic heterocycles. The molecule has 0 amide bonds. The van der Waals surface area contributed by atoms with E-state index in [-0.39, 0.29) is 17.5 Å². The normalized spacial score (nSPS) is 21.8. The van der Waals surface area contributed by atoms with Crippen molar-refractivity contribution in [2.75, 3.05) is 16.8 Å². The fraction of sp³-hybridized carbons (Fsp3) is 0.417. The van der Waals surface area contributed by atoms with Crippen LogP contribution in [-0.2, 0) is 9.84 Å². The number of sulfone groups is 1. The fourth-order valence-corrected chi connectivity index (χ4v) is 3.79. The van der Waals surface area contributed by atoms with Crippen molar-refractivity contribution in [2.24, 2.45) is 0 Å². The Morgan fingerprint density at radius 3 is 2.74 bits per heavy atom. The van der Waals surface area contributed by atoms with Crippen LogP contribution >= 0.6 is 0 Å². The minimum atomic E-state index is -3.03. The molecule has 5 nitrogen and oxygen atoms in total. The molecule has 1 unspecified atom stereocenters. The second kappa shape index (κ2) is 5.16. The minimum Gasteiger partial charge on any atom is -0.478 e. The van der Waals surface area contributed by atoms with Crippen molar-refractivity contribution in [1.29, 1.82) is 0 Å². The van der Waals surface area contributed by atoms with Gasteiger partial charge < -0.3 is 10.4 Å². The van der Waals surface area contributed by atoms with Crippen LogP contribution in [0.15, 0.2) is 18.2 Å². The van der Waals surface area contributed by atoms with Gasteiger partial charge in [0.25, 0.3) is 0 Å². The summed E-state index contributed by atoms with van der Waals surface area (Å²) in [4.78, 5) is 10.7. The number of hydrogen-bond donors (Lipinski definition) is 2. The van der Waals surface area contributed by atoms with Gasteiger partial charge in [0.1, 0.15) is 5.82 Å². The zero-order chi connectivity index (χ0) is 14.0. The first kappa shape index (κ1) is 13.8. The lowest BCUT2D eigenvalue weighted by Crippen LogP contribution is -2.34. The number of carbonyl (C=O) groups is 1. The number of rotatable bonds is 3. The molecule has 0 aliphatic carbocycles. The van der Waals surface area contributed by atoms with Gasteiger partial charge >= 0.3 is 5.97 Å². The standard InChI is InChI=1S/C12H14FNO4S/c13-11-6-8(3-4-10(11)12(15)16)14-9-2-1-5-19(17,18)7-9/h3-4,6,9,14H,1-2,5,7H2,(H,15,16). The molecule has 1 saturated heterocycles. The molecule has 19 heavy (non-hydrogen) atoms. The summed E-state index contributed by atoms with van der Waals surface area (Å²) in [5.41, 5.74) is -0.00795. The lowest BCUT2D eigenvalue weighted by atomic mass is 10.1. The highest BCUT2D eigenvalue weighted by Crippen LogP contribution is 2.20. The molecular weight excluding hydrogens is 273 g/mol. The number of nitrogens with one attached hydrogen (secondary N) is 1. The topological polar surface area (TPSA) is 83.5 Å². The third kappa shape index (κ3) is 3.44. The Balaban J connectivity index is 2.11. The van der Waals surface area contributed by atoms with Crippen LogP contribution in [0.2, 0.25) is 0 Å². The van der Waals surface area contributed by atoms with E-state index in [1.165, 1.54) is 6.07 Å². The minimum absolute atomic E-state index is 0.0231. The van der Waals surface area contributed by atoms with Crippen molar-refractivity contribution < 1.29 is 22.7 Å². The lowest BCUT2D eigenvalue weighted by molar-refractivity contribution is 0.0692. The molecule has 2 N–H and O–H groups in total. The maximum Gasteiger partial charge on any atom is 0.338 e. The number of carboxylic acids is 1. The number of aromatic carboxylic acids is 1. The first-order valence-electron chi connectivity index (χ1n) is 5.87. The van der Waals surface area contributed by atoms with Crippen molar-refractivity contribution in [3.63, 3.8) is 0 Å². The van der Waals surface area contributed by atoms with Crippen LogP contribution in [0, 0.1) is 5.82 Å². The van der Waals surface area contributed by atoms with E-state index < -0.39 is 27.2 Å². The number of carboxylic acid groups (broad SMARTS) is 1. The van der Waals surface area contributed by atoms with E-state index in [1.807, 2.05) is 0 Å². The largest absolute Gasteiger partial charge is 0.478 e. The first-order valence-corrected chi connectivity index (χ1v) is 7.69. The molecule has 7 heteroatoms. The van der Waals surface area contributed by atoms with Crippen LogP contribution in [0.1, 0.15) is 23.2 Å². The van der Waals surface area contributed by atoms with Crippen LogP contribution < -0.4 is 5.32 Å². The van der Waals surface area contributed by atoms with Gasteiger partial charge in [-0.1, -0.05) is 0 Å². The molecule has 1 heterocycles. The molecule has 2 rings (SSSR count). The van der Waals surface area contributed by atoms with Gasteiger partial charge in [-0.05, 0) is 31.0 Å². The fourth-order valence-electron chi connectivity index (χ4n) is 2.15. The van der Waals surface area contributed by atoms with Crippen LogP contribution in [0.4, 0.5) is 10.1 Å². The molecular formula is C12H14FNO4S. The molecule has 0 radical (unpaired) electrons. The summed E-state index contributed by atoms with van der Waals surface area (Å²) in [6, 6.07) is 3.42. The highest BCUT2D eigenvalue weighted by atomic mass is 32.2. The quantitative estimate of drug-likeness (QED) is 0.880. The Labute approximate surface area is 110 Å². The highest BCUT2D eigenvalue weighted by molar-refractivity contribution is 7.91. The van der Waals surface area contributed by atoms with E-state index in [2.05, 4.69) is 5.32 Å². The van der Waals surface area contributed by atoms with Crippen molar-refractivity contribution in [3.8, 4) is 0 Å². The van der Waals surface area contributed by atoms with E-state index in [9.17, 15) is 17.6 Å². The average molecular weight is 287 g/mol. The summed E-state index contributed by atoms with van der Waals surface area (Å²) < 4.78 is 36.4. The molecule has 1 aromatic carbocycles. The van der Waals surface area contributed by atoms with Gasteiger partial charge in [0.05, 0.1) is 17.1 Å². The Morgan fingerprint density at radius 2 is 2.16 bits per heavy atom. The Bertz CT molecular complexity index is 600. The summed E-state index contributed by atoms with van der Waals surface area (Å²) in [7, 11) is -3.03. The molecule has 1 aromatic rings.